The van der Waals surface area contributed by atoms with Gasteiger partial charge in [-0.05, 0) is 177 Å². The first-order valence-electron chi connectivity index (χ1n) is 28.3. The van der Waals surface area contributed by atoms with E-state index < -0.39 is 0 Å². The van der Waals surface area contributed by atoms with Gasteiger partial charge in [-0.2, -0.15) is 0 Å². The highest BCUT2D eigenvalue weighted by Crippen LogP contribution is 2.62. The third kappa shape index (κ3) is 8.16. The van der Waals surface area contributed by atoms with Gasteiger partial charge in [-0.1, -0.05) is 148 Å². The molecule has 3 aliphatic heterocycles. The molecule has 0 bridgehead atoms. The van der Waals surface area contributed by atoms with Crippen molar-refractivity contribution in [1.29, 1.82) is 0 Å². The fourth-order valence-corrected chi connectivity index (χ4v) is 18.3. The maximum absolute atomic E-state index is 5.88. The van der Waals surface area contributed by atoms with Crippen LogP contribution in [-0.2, 0) is 0 Å². The van der Waals surface area contributed by atoms with Crippen molar-refractivity contribution in [3.63, 3.8) is 0 Å². The van der Waals surface area contributed by atoms with Gasteiger partial charge in [-0.25, -0.2) is 4.99 Å². The van der Waals surface area contributed by atoms with E-state index in [1.165, 1.54) is 105 Å². The van der Waals surface area contributed by atoms with E-state index in [0.29, 0.717) is 69.9 Å². The number of likely N-dealkylation sites (tertiary alicyclic amines) is 1. The molecule has 3 heterocycles. The molecular weight excluding hydrogens is 857 g/mol. The topological polar surface area (TPSA) is 39.7 Å². The Morgan fingerprint density at radius 2 is 1.59 bits per heavy atom. The molecule has 0 radical (unpaired) electrons. The van der Waals surface area contributed by atoms with Crippen LogP contribution in [0.4, 0.5) is 0 Å². The summed E-state index contributed by atoms with van der Waals surface area (Å²) in [7, 11) is 0. The van der Waals surface area contributed by atoms with Crippen LogP contribution in [-0.4, -0.2) is 51.7 Å². The summed E-state index contributed by atoms with van der Waals surface area (Å²) in [5.74, 6) is 6.15. The number of rotatable bonds is 8. The number of hydrogen-bond donors (Lipinski definition) is 2. The van der Waals surface area contributed by atoms with E-state index in [1.807, 2.05) is 0 Å². The molecule has 1 aromatic rings. The van der Waals surface area contributed by atoms with Crippen LogP contribution in [0.1, 0.15) is 146 Å². The van der Waals surface area contributed by atoms with E-state index in [1.54, 1.807) is 16.7 Å². The van der Waals surface area contributed by atoms with Gasteiger partial charge >= 0.3 is 0 Å². The van der Waals surface area contributed by atoms with Crippen LogP contribution in [0.3, 0.4) is 0 Å². The molecule has 0 aromatic heterocycles. The number of benzene rings is 1. The Labute approximate surface area is 419 Å². The van der Waals surface area contributed by atoms with Gasteiger partial charge in [0.1, 0.15) is 18.2 Å². The number of thioether (sulfide) groups is 1. The standard InChI is InChI=1S/C64H78N4S/c1-40-19-12-15-28-47(40)63-65-62(44-24-8-4-9-25-44)66-64(67-63)54-39-45(59-49(42-20-6-3-7-21-42)30-18-31-50(59)43-22-13-14-23-43)33-34-51(54)48-35-37-56-58(41(48)2)60-57(69-56)38-36-53-52-29-16-17-32-55(52)68(61(53)60)46-26-10-5-11-27-46/h5-6,10-13,15,20,22,24,26,28,31,33-43,46,48,52-53,55-58,60-63,65H,3-4,7-9,14,16-19,21,23,25,27,29-30,32H2,1-2H3,(H,66,67). The molecular formula is C64H78N4S. The Bertz CT molecular complexity index is 2540. The van der Waals surface area contributed by atoms with Crippen molar-refractivity contribution >= 4 is 23.2 Å². The van der Waals surface area contributed by atoms with E-state index >= 15 is 0 Å². The first-order chi connectivity index (χ1) is 34.1. The van der Waals surface area contributed by atoms with Crippen LogP contribution < -0.4 is 10.6 Å². The third-order valence-electron chi connectivity index (χ3n) is 19.7. The Morgan fingerprint density at radius 3 is 2.43 bits per heavy atom. The summed E-state index contributed by atoms with van der Waals surface area (Å²) in [5.41, 5.74) is 12.0. The second-order valence-electron chi connectivity index (χ2n) is 23.4. The van der Waals surface area contributed by atoms with Gasteiger partial charge < -0.3 is 5.32 Å². The molecule has 5 heteroatoms. The lowest BCUT2D eigenvalue weighted by molar-refractivity contribution is 0.0595. The summed E-state index contributed by atoms with van der Waals surface area (Å²) < 4.78 is 0. The Kier molecular flexibility index (Phi) is 12.6. The summed E-state index contributed by atoms with van der Waals surface area (Å²) in [4.78, 5) is 9.02. The van der Waals surface area contributed by atoms with Crippen molar-refractivity contribution in [2.45, 2.75) is 170 Å². The quantitative estimate of drug-likeness (QED) is 0.255. The number of aliphatic imine (C=N–C) groups is 1. The van der Waals surface area contributed by atoms with Crippen molar-refractivity contribution in [3.05, 3.63) is 160 Å². The lowest BCUT2D eigenvalue weighted by Crippen LogP contribution is -2.56. The average molecular weight is 935 g/mol. The average Bonchev–Trinajstić information content (AvgIpc) is 4.17. The zero-order valence-corrected chi connectivity index (χ0v) is 42.4. The van der Waals surface area contributed by atoms with Crippen molar-refractivity contribution < 1.29 is 0 Å². The maximum atomic E-state index is 5.88. The summed E-state index contributed by atoms with van der Waals surface area (Å²) in [5, 5.41) is 9.44. The first kappa shape index (κ1) is 45.0. The fourth-order valence-electron chi connectivity index (χ4n) is 16.5. The van der Waals surface area contributed by atoms with E-state index in [2.05, 4.69) is 163 Å². The number of hydrogen-bond acceptors (Lipinski definition) is 5. The molecule has 2 N–H and O–H groups in total. The minimum Gasteiger partial charge on any atom is -0.351 e. The van der Waals surface area contributed by atoms with Crippen molar-refractivity contribution in [3.8, 4) is 0 Å². The first-order valence-corrected chi connectivity index (χ1v) is 29.2. The normalized spacial score (nSPS) is 41.2. The Balaban J connectivity index is 0.944. The lowest BCUT2D eigenvalue weighted by atomic mass is 9.62. The molecule has 9 aliphatic carbocycles. The Hall–Kier alpha value is -3.90. The number of allylic oxidation sites excluding steroid dienone is 15. The largest absolute Gasteiger partial charge is 0.351 e. The van der Waals surface area contributed by atoms with Gasteiger partial charge in [-0.15, -0.1) is 11.8 Å². The summed E-state index contributed by atoms with van der Waals surface area (Å²) in [6, 6.07) is 9.73. The van der Waals surface area contributed by atoms with Crippen LogP contribution in [0.5, 0.6) is 0 Å². The molecule has 12 aliphatic rings. The van der Waals surface area contributed by atoms with Crippen LogP contribution in [0.15, 0.2) is 149 Å². The van der Waals surface area contributed by atoms with Crippen LogP contribution in [0.2, 0.25) is 0 Å². The Morgan fingerprint density at radius 1 is 0.710 bits per heavy atom. The van der Waals surface area contributed by atoms with E-state index in [-0.39, 0.29) is 12.3 Å². The molecule has 2 saturated heterocycles. The van der Waals surface area contributed by atoms with Gasteiger partial charge in [-0.3, -0.25) is 10.2 Å². The van der Waals surface area contributed by atoms with E-state index in [9.17, 15) is 0 Å². The fraction of sp³-hybridized carbons (Fsp3) is 0.547. The van der Waals surface area contributed by atoms with Gasteiger partial charge in [0.05, 0.1) is 0 Å². The van der Waals surface area contributed by atoms with Crippen molar-refractivity contribution in [1.82, 2.24) is 15.5 Å². The van der Waals surface area contributed by atoms with Crippen LogP contribution in [0, 0.1) is 47.3 Å². The van der Waals surface area contributed by atoms with Gasteiger partial charge in [0, 0.05) is 46.0 Å². The molecule has 1 saturated carbocycles. The van der Waals surface area contributed by atoms with E-state index in [0.717, 1.165) is 49.9 Å². The van der Waals surface area contributed by atoms with Gasteiger partial charge in [0.15, 0.2) is 0 Å². The molecule has 0 spiro atoms. The van der Waals surface area contributed by atoms with E-state index in [4.69, 9.17) is 4.99 Å². The molecule has 13 rings (SSSR count). The second kappa shape index (κ2) is 19.3. The SMILES string of the molecule is CC1CC=CC=C1C1N=C(c2cc(C3=C(C4C=CCCC4)CCC=C3C3C=CCC3)ccc2C2C=CC3SC4C=CC5C6CCCCC6N(C6C=CC=CC6)C5C4C3C2C)NC(C2=CCCCC2)N1. The van der Waals surface area contributed by atoms with Crippen molar-refractivity contribution in [2.75, 3.05) is 0 Å². The lowest BCUT2D eigenvalue weighted by Gasteiger charge is -2.47. The zero-order chi connectivity index (χ0) is 46.0. The molecule has 1 aromatic carbocycles. The van der Waals surface area contributed by atoms with Crippen LogP contribution in [0.25, 0.3) is 5.57 Å². The third-order valence-corrected chi connectivity index (χ3v) is 21.2. The number of nitrogens with zero attached hydrogens (tertiary/aromatic N) is 2. The highest BCUT2D eigenvalue weighted by atomic mass is 32.2. The summed E-state index contributed by atoms with van der Waals surface area (Å²) in [6.45, 7) is 5.08. The highest BCUT2D eigenvalue weighted by molar-refractivity contribution is 8.01. The highest BCUT2D eigenvalue weighted by Gasteiger charge is 2.61. The predicted octanol–water partition coefficient (Wildman–Crippen LogP) is 14.4. The molecule has 3 fully saturated rings. The second-order valence-corrected chi connectivity index (χ2v) is 24.7. The smallest absolute Gasteiger partial charge is 0.132 e. The predicted molar refractivity (Wildman–Crippen MR) is 291 cm³/mol. The number of fused-ring (bicyclic) bond motifs is 7. The molecule has 0 amide bonds. The molecule has 360 valence electrons. The number of nitrogens with one attached hydrogen (secondary N) is 2. The summed E-state index contributed by atoms with van der Waals surface area (Å²) >= 11 is 2.30. The van der Waals surface area contributed by atoms with Gasteiger partial charge in [0.25, 0.3) is 0 Å². The minimum absolute atomic E-state index is 0.0661. The van der Waals surface area contributed by atoms with Crippen LogP contribution >= 0.6 is 11.8 Å². The minimum atomic E-state index is -0.0661. The van der Waals surface area contributed by atoms with Gasteiger partial charge in [0.2, 0.25) is 0 Å². The monoisotopic (exact) mass is 935 g/mol. The summed E-state index contributed by atoms with van der Waals surface area (Å²) in [6.07, 6.45) is 63.9. The molecule has 4 nitrogen and oxygen atoms in total. The zero-order valence-electron chi connectivity index (χ0n) is 41.6. The molecule has 69 heavy (non-hydrogen) atoms. The maximum Gasteiger partial charge on any atom is 0.132 e. The molecule has 16 unspecified atom stereocenters. The van der Waals surface area contributed by atoms with Crippen molar-refractivity contribution in [2.24, 2.45) is 52.3 Å². The number of amidine groups is 1. The molecule has 16 atom stereocenters.